The van der Waals surface area contributed by atoms with Crippen LogP contribution in [0.3, 0.4) is 0 Å². The largest absolute Gasteiger partial charge is 0.463 e. The summed E-state index contributed by atoms with van der Waals surface area (Å²) >= 11 is 0. The number of unbranched alkanes of at least 4 members (excludes halogenated alkanes) is 2. The lowest BCUT2D eigenvalue weighted by molar-refractivity contribution is -0.151. The van der Waals surface area contributed by atoms with Crippen molar-refractivity contribution in [1.82, 2.24) is 0 Å². The molecule has 4 unspecified atom stereocenters. The molecule has 0 aromatic rings. The molecule has 0 bridgehead atoms. The van der Waals surface area contributed by atoms with E-state index in [1.54, 1.807) is 6.92 Å². The minimum Gasteiger partial charge on any atom is -0.463 e. The first-order chi connectivity index (χ1) is 15.2. The van der Waals surface area contributed by atoms with Crippen molar-refractivity contribution in [2.45, 2.75) is 86.0 Å². The fourth-order valence-corrected chi connectivity index (χ4v) is 3.11. The second kappa shape index (κ2) is 18.8. The van der Waals surface area contributed by atoms with Gasteiger partial charge in [-0.05, 0) is 32.6 Å². The highest BCUT2D eigenvalue weighted by Gasteiger charge is 2.16. The van der Waals surface area contributed by atoms with Gasteiger partial charge in [0.2, 0.25) is 0 Å². The number of Topliss-reactive ketones (excluding diaryl/α,β-unsaturated/α-hetero) is 1. The van der Waals surface area contributed by atoms with E-state index in [2.05, 4.69) is 0 Å². The zero-order valence-corrected chi connectivity index (χ0v) is 20.7. The molecule has 0 N–H and O–H groups in total. The summed E-state index contributed by atoms with van der Waals surface area (Å²) in [6.45, 7) is 10.0. The fraction of sp³-hybridized carbons (Fsp3) is 0.840. The molecule has 0 aliphatic carbocycles. The minimum absolute atomic E-state index is 0.0735. The van der Waals surface area contributed by atoms with Crippen LogP contribution in [0.15, 0.2) is 0 Å². The first-order valence-corrected chi connectivity index (χ1v) is 12.1. The maximum absolute atomic E-state index is 12.0. The Bertz CT molecular complexity index is 546. The Morgan fingerprint density at radius 1 is 0.656 bits per heavy atom. The number of ketones is 1. The summed E-state index contributed by atoms with van der Waals surface area (Å²) in [6, 6.07) is 0. The molecule has 7 nitrogen and oxygen atoms in total. The van der Waals surface area contributed by atoms with Crippen LogP contribution in [0.4, 0.5) is 0 Å². The number of esters is 2. The van der Waals surface area contributed by atoms with Gasteiger partial charge in [0, 0.05) is 11.8 Å². The molecule has 0 fully saturated rings. The molecule has 32 heavy (non-hydrogen) atoms. The molecule has 0 aromatic carbocycles. The molecule has 0 saturated heterocycles. The molecule has 0 aromatic heterocycles. The van der Waals surface area contributed by atoms with Crippen molar-refractivity contribution in [3.8, 4) is 0 Å². The monoisotopic (exact) mass is 456 g/mol. The van der Waals surface area contributed by atoms with Crippen molar-refractivity contribution in [1.29, 1.82) is 0 Å². The van der Waals surface area contributed by atoms with Crippen molar-refractivity contribution in [2.24, 2.45) is 23.7 Å². The zero-order chi connectivity index (χ0) is 24.4. The van der Waals surface area contributed by atoms with E-state index in [9.17, 15) is 19.2 Å². The van der Waals surface area contributed by atoms with Gasteiger partial charge in [-0.25, -0.2) is 0 Å². The van der Waals surface area contributed by atoms with E-state index >= 15 is 0 Å². The number of carbonyl (C=O) groups is 4. The molecular formula is C25H44O7. The van der Waals surface area contributed by atoms with Crippen molar-refractivity contribution < 1.29 is 33.4 Å². The minimum atomic E-state index is -0.241. The topological polar surface area (TPSA) is 96.0 Å². The molecule has 0 aliphatic rings. The van der Waals surface area contributed by atoms with Gasteiger partial charge in [0.15, 0.2) is 0 Å². The normalized spacial score (nSPS) is 14.8. The second-order valence-electron chi connectivity index (χ2n) is 8.94. The van der Waals surface area contributed by atoms with E-state index in [0.717, 1.165) is 57.7 Å². The van der Waals surface area contributed by atoms with E-state index in [0.29, 0.717) is 0 Å². The average molecular weight is 457 g/mol. The zero-order valence-electron chi connectivity index (χ0n) is 20.7. The summed E-state index contributed by atoms with van der Waals surface area (Å²) in [5.74, 6) is -0.462. The first kappa shape index (κ1) is 30.2. The number of hydrogen-bond acceptors (Lipinski definition) is 7. The SMILES string of the molecule is CC(=O)C(C)CCCCC(C)C(=O)OCCOCCOC(=O)C(C)CCCCC(C)C=O. The summed E-state index contributed by atoms with van der Waals surface area (Å²) in [6.07, 6.45) is 7.80. The standard InChI is InChI=1S/C25H44O7/c1-19(18-26)10-6-7-12-21(3)24(28)31-16-14-30-15-17-32-25(29)22(4)13-9-8-11-20(2)23(5)27/h18-22H,6-17H2,1-5H3. The van der Waals surface area contributed by atoms with Crippen molar-refractivity contribution >= 4 is 24.0 Å². The quantitative estimate of drug-likeness (QED) is 0.151. The van der Waals surface area contributed by atoms with Crippen molar-refractivity contribution in [3.63, 3.8) is 0 Å². The molecule has 0 saturated carbocycles. The van der Waals surface area contributed by atoms with Gasteiger partial charge >= 0.3 is 11.9 Å². The van der Waals surface area contributed by atoms with Crippen LogP contribution in [0.25, 0.3) is 0 Å². The van der Waals surface area contributed by atoms with Gasteiger partial charge in [-0.15, -0.1) is 0 Å². The molecule has 0 amide bonds. The van der Waals surface area contributed by atoms with Crippen LogP contribution in [0.1, 0.15) is 86.0 Å². The van der Waals surface area contributed by atoms with Crippen LogP contribution in [-0.2, 0) is 33.4 Å². The van der Waals surface area contributed by atoms with Gasteiger partial charge in [-0.3, -0.25) is 14.4 Å². The van der Waals surface area contributed by atoms with Crippen LogP contribution in [0.2, 0.25) is 0 Å². The molecule has 4 atom stereocenters. The lowest BCUT2D eigenvalue weighted by Gasteiger charge is -2.13. The third-order valence-corrected chi connectivity index (χ3v) is 5.75. The third-order valence-electron chi connectivity index (χ3n) is 5.75. The molecule has 0 radical (unpaired) electrons. The van der Waals surface area contributed by atoms with Crippen LogP contribution in [0, 0.1) is 23.7 Å². The van der Waals surface area contributed by atoms with Gasteiger partial charge < -0.3 is 19.0 Å². The molecule has 0 rings (SSSR count). The third kappa shape index (κ3) is 16.0. The highest BCUT2D eigenvalue weighted by atomic mass is 16.6. The summed E-state index contributed by atoms with van der Waals surface area (Å²) in [5, 5.41) is 0. The number of carbonyl (C=O) groups excluding carboxylic acids is 4. The smallest absolute Gasteiger partial charge is 0.308 e. The van der Waals surface area contributed by atoms with E-state index in [-0.39, 0.29) is 67.8 Å². The molecular weight excluding hydrogens is 412 g/mol. The van der Waals surface area contributed by atoms with Gasteiger partial charge in [0.05, 0.1) is 25.0 Å². The van der Waals surface area contributed by atoms with Gasteiger partial charge in [-0.2, -0.15) is 0 Å². The number of hydrogen-bond donors (Lipinski definition) is 0. The van der Waals surface area contributed by atoms with Crippen molar-refractivity contribution in [3.05, 3.63) is 0 Å². The predicted octanol–water partition coefficient (Wildman–Crippen LogP) is 4.54. The summed E-state index contributed by atoms with van der Waals surface area (Å²) in [7, 11) is 0. The highest BCUT2D eigenvalue weighted by molar-refractivity contribution is 5.77. The fourth-order valence-electron chi connectivity index (χ4n) is 3.11. The van der Waals surface area contributed by atoms with Crippen LogP contribution < -0.4 is 0 Å². The molecule has 0 spiro atoms. The summed E-state index contributed by atoms with van der Waals surface area (Å²) in [5.41, 5.74) is 0. The summed E-state index contributed by atoms with van der Waals surface area (Å²) in [4.78, 5) is 45.7. The Balaban J connectivity index is 3.66. The number of ether oxygens (including phenoxy) is 3. The summed E-state index contributed by atoms with van der Waals surface area (Å²) < 4.78 is 15.8. The second-order valence-corrected chi connectivity index (χ2v) is 8.94. The Morgan fingerprint density at radius 3 is 1.47 bits per heavy atom. The van der Waals surface area contributed by atoms with Gasteiger partial charge in [-0.1, -0.05) is 53.4 Å². The van der Waals surface area contributed by atoms with E-state index in [4.69, 9.17) is 14.2 Å². The lowest BCUT2D eigenvalue weighted by Crippen LogP contribution is -2.20. The van der Waals surface area contributed by atoms with Crippen LogP contribution >= 0.6 is 0 Å². The Labute approximate surface area is 193 Å². The lowest BCUT2D eigenvalue weighted by atomic mass is 9.97. The molecule has 186 valence electrons. The van der Waals surface area contributed by atoms with E-state index < -0.39 is 0 Å². The predicted molar refractivity (Wildman–Crippen MR) is 123 cm³/mol. The Morgan fingerprint density at radius 2 is 1.06 bits per heavy atom. The molecule has 0 aliphatic heterocycles. The average Bonchev–Trinajstić information content (AvgIpc) is 2.77. The van der Waals surface area contributed by atoms with E-state index in [1.807, 2.05) is 27.7 Å². The number of rotatable bonds is 20. The van der Waals surface area contributed by atoms with Gasteiger partial charge in [0.1, 0.15) is 25.3 Å². The first-order valence-electron chi connectivity index (χ1n) is 12.1. The van der Waals surface area contributed by atoms with Crippen LogP contribution in [-0.4, -0.2) is 50.4 Å². The number of aldehydes is 1. The van der Waals surface area contributed by atoms with Crippen molar-refractivity contribution in [2.75, 3.05) is 26.4 Å². The maximum atomic E-state index is 12.0. The molecule has 7 heteroatoms. The van der Waals surface area contributed by atoms with Crippen LogP contribution in [0.5, 0.6) is 0 Å². The van der Waals surface area contributed by atoms with Gasteiger partial charge in [0.25, 0.3) is 0 Å². The molecule has 0 heterocycles. The Kier molecular flexibility index (Phi) is 17.7. The van der Waals surface area contributed by atoms with E-state index in [1.165, 1.54) is 0 Å². The Hall–Kier alpha value is -1.76. The maximum Gasteiger partial charge on any atom is 0.308 e. The highest BCUT2D eigenvalue weighted by Crippen LogP contribution is 2.15.